The number of phenolic OH excluding ortho intramolecular Hbond substituents is 1. The number of aromatic hydroxyl groups is 1. The minimum atomic E-state index is -0.166. The number of hydrogen-bond acceptors (Lipinski definition) is 2. The molecule has 0 aliphatic carbocycles. The highest BCUT2D eigenvalue weighted by Crippen LogP contribution is 2.45. The second-order valence-corrected chi connectivity index (χ2v) is 9.44. The predicted octanol–water partition coefficient (Wildman–Crippen LogP) is 6.00. The molecule has 3 aromatic rings. The van der Waals surface area contributed by atoms with Crippen LogP contribution in [-0.2, 0) is 5.16 Å². The highest BCUT2D eigenvalue weighted by molar-refractivity contribution is 7.48. The van der Waals surface area contributed by atoms with Gasteiger partial charge in [-0.25, -0.2) is 0 Å². The van der Waals surface area contributed by atoms with Gasteiger partial charge < -0.3 is 5.11 Å². The maximum absolute atomic E-state index is 10.6. The summed E-state index contributed by atoms with van der Waals surface area (Å²) in [6.45, 7) is 8.43. The van der Waals surface area contributed by atoms with Gasteiger partial charge in [-0.2, -0.15) is 0 Å². The molecule has 0 bridgehead atoms. The van der Waals surface area contributed by atoms with Gasteiger partial charge in [0.05, 0.1) is 5.69 Å². The Morgan fingerprint density at radius 1 is 0.926 bits per heavy atom. The van der Waals surface area contributed by atoms with E-state index in [-0.39, 0.29) is 5.16 Å². The molecule has 0 saturated heterocycles. The van der Waals surface area contributed by atoms with Crippen molar-refractivity contribution in [2.45, 2.75) is 32.9 Å². The van der Waals surface area contributed by atoms with Gasteiger partial charge in [-0.3, -0.25) is 4.99 Å². The van der Waals surface area contributed by atoms with Gasteiger partial charge in [-0.1, -0.05) is 76.5 Å². The van der Waals surface area contributed by atoms with Crippen molar-refractivity contribution in [2.24, 2.45) is 4.99 Å². The van der Waals surface area contributed by atoms with Crippen LogP contribution in [0.3, 0.4) is 0 Å². The molecule has 1 unspecified atom stereocenters. The second kappa shape index (κ2) is 8.06. The minimum Gasteiger partial charge on any atom is -0.507 e. The Hall–Kier alpha value is -2.44. The molecular weight excluding hydrogens is 349 g/mol. The lowest BCUT2D eigenvalue weighted by molar-refractivity contribution is 0.457. The number of nitrogens with zero attached hydrogens (tertiary/aromatic N) is 1. The first kappa shape index (κ1) is 19.3. The first-order valence-electron chi connectivity index (χ1n) is 9.14. The molecule has 3 rings (SSSR count). The third-order valence-electron chi connectivity index (χ3n) is 4.67. The van der Waals surface area contributed by atoms with Crippen molar-refractivity contribution in [3.8, 4) is 5.75 Å². The van der Waals surface area contributed by atoms with Crippen LogP contribution in [0.25, 0.3) is 0 Å². The fraction of sp³-hybridized carbons (Fsp3) is 0.208. The molecule has 0 spiro atoms. The normalized spacial score (nSPS) is 12.3. The van der Waals surface area contributed by atoms with Crippen LogP contribution >= 0.6 is 8.58 Å². The summed E-state index contributed by atoms with van der Waals surface area (Å²) in [6.07, 6.45) is 1.96. The van der Waals surface area contributed by atoms with Gasteiger partial charge in [0.1, 0.15) is 5.75 Å². The van der Waals surface area contributed by atoms with Crippen LogP contribution in [0.15, 0.2) is 71.7 Å². The molecule has 2 nitrogen and oxygen atoms in total. The molecule has 3 aromatic carbocycles. The zero-order chi connectivity index (χ0) is 19.4. The second-order valence-electron chi connectivity index (χ2n) is 7.41. The molecule has 0 saturated carbocycles. The summed E-state index contributed by atoms with van der Waals surface area (Å²) in [4.78, 5) is 4.64. The van der Waals surface area contributed by atoms with E-state index in [2.05, 4.69) is 44.0 Å². The Morgan fingerprint density at radius 3 is 2.41 bits per heavy atom. The fourth-order valence-corrected chi connectivity index (χ4v) is 4.59. The number of phenols is 1. The summed E-state index contributed by atoms with van der Waals surface area (Å²) in [7, 11) is 0.513. The Bertz CT molecular complexity index is 961. The van der Waals surface area contributed by atoms with Crippen LogP contribution in [0.1, 0.15) is 36.1 Å². The molecule has 0 aliphatic rings. The molecule has 0 aromatic heterocycles. The molecule has 0 amide bonds. The lowest BCUT2D eigenvalue weighted by Gasteiger charge is -2.28. The van der Waals surface area contributed by atoms with Crippen molar-refractivity contribution < 1.29 is 5.11 Å². The Balaban J connectivity index is 1.95. The highest BCUT2D eigenvalue weighted by Gasteiger charge is 2.25. The lowest BCUT2D eigenvalue weighted by Crippen LogP contribution is -2.17. The fourth-order valence-electron chi connectivity index (χ4n) is 3.13. The van der Waals surface area contributed by atoms with E-state index in [1.165, 1.54) is 10.9 Å². The minimum absolute atomic E-state index is 0.166. The van der Waals surface area contributed by atoms with E-state index in [1.54, 1.807) is 0 Å². The summed E-state index contributed by atoms with van der Waals surface area (Å²) >= 11 is 0. The molecule has 0 fully saturated rings. The highest BCUT2D eigenvalue weighted by atomic mass is 31.1. The largest absolute Gasteiger partial charge is 0.507 e. The van der Waals surface area contributed by atoms with Gasteiger partial charge >= 0.3 is 0 Å². The van der Waals surface area contributed by atoms with E-state index in [9.17, 15) is 5.11 Å². The van der Waals surface area contributed by atoms with Crippen LogP contribution in [0.5, 0.6) is 5.75 Å². The summed E-state index contributed by atoms with van der Waals surface area (Å²) in [5, 5.41) is 11.6. The third-order valence-corrected chi connectivity index (χ3v) is 6.29. The molecule has 1 N–H and O–H groups in total. The van der Waals surface area contributed by atoms with Gasteiger partial charge in [0.15, 0.2) is 0 Å². The van der Waals surface area contributed by atoms with Gasteiger partial charge in [0, 0.05) is 22.5 Å². The SMILES string of the molecule is Cc1ccc(PC(C)(C)c2cccc(C)c2O)c(C=Nc2ccccc2)c1. The number of benzene rings is 3. The van der Waals surface area contributed by atoms with Crippen LogP contribution in [0, 0.1) is 13.8 Å². The maximum atomic E-state index is 10.6. The Labute approximate surface area is 163 Å². The predicted molar refractivity (Wildman–Crippen MR) is 119 cm³/mol. The average Bonchev–Trinajstić information content (AvgIpc) is 2.64. The summed E-state index contributed by atoms with van der Waals surface area (Å²) in [6, 6.07) is 22.5. The van der Waals surface area contributed by atoms with E-state index in [1.807, 2.05) is 61.7 Å². The van der Waals surface area contributed by atoms with Crippen molar-refractivity contribution in [3.05, 3.63) is 89.0 Å². The summed E-state index contributed by atoms with van der Waals surface area (Å²) in [5.41, 5.74) is 5.21. The lowest BCUT2D eigenvalue weighted by atomic mass is 9.99. The molecule has 138 valence electrons. The standard InChI is InChI=1S/C24H26NOP/c1-17-13-14-22(19(15-17)16-25-20-10-6-5-7-11-20)27-24(3,4)21-12-8-9-18(2)23(21)26/h5-16,26-27H,1-4H3. The van der Waals surface area contributed by atoms with Crippen molar-refractivity contribution in [1.29, 1.82) is 0 Å². The van der Waals surface area contributed by atoms with E-state index >= 15 is 0 Å². The molecule has 0 heterocycles. The summed E-state index contributed by atoms with van der Waals surface area (Å²) in [5.74, 6) is 0.404. The first-order valence-corrected chi connectivity index (χ1v) is 10.1. The number of aryl methyl sites for hydroxylation is 2. The molecule has 3 heteroatoms. The molecule has 27 heavy (non-hydrogen) atoms. The number of hydrogen-bond donors (Lipinski definition) is 1. The van der Waals surface area contributed by atoms with Crippen LogP contribution < -0.4 is 5.30 Å². The van der Waals surface area contributed by atoms with E-state index in [4.69, 9.17) is 0 Å². The summed E-state index contributed by atoms with van der Waals surface area (Å²) < 4.78 is 0. The average molecular weight is 375 g/mol. The van der Waals surface area contributed by atoms with Gasteiger partial charge in [0.25, 0.3) is 0 Å². The number of aliphatic imine (C=N–C) groups is 1. The molecule has 0 radical (unpaired) electrons. The van der Waals surface area contributed by atoms with E-state index in [0.29, 0.717) is 14.3 Å². The first-order chi connectivity index (χ1) is 12.9. The van der Waals surface area contributed by atoms with E-state index in [0.717, 1.165) is 22.4 Å². The topological polar surface area (TPSA) is 32.6 Å². The zero-order valence-corrected chi connectivity index (χ0v) is 17.3. The van der Waals surface area contributed by atoms with Gasteiger partial charge in [-0.05, 0) is 42.9 Å². The van der Waals surface area contributed by atoms with Crippen molar-refractivity contribution in [3.63, 3.8) is 0 Å². The third kappa shape index (κ3) is 4.64. The van der Waals surface area contributed by atoms with Crippen molar-refractivity contribution in [2.75, 3.05) is 0 Å². The zero-order valence-electron chi connectivity index (χ0n) is 16.3. The maximum Gasteiger partial charge on any atom is 0.122 e. The molecule has 0 aliphatic heterocycles. The monoisotopic (exact) mass is 375 g/mol. The molecule has 1 atom stereocenters. The van der Waals surface area contributed by atoms with Crippen molar-refractivity contribution >= 4 is 25.8 Å². The van der Waals surface area contributed by atoms with E-state index < -0.39 is 0 Å². The van der Waals surface area contributed by atoms with Crippen molar-refractivity contribution in [1.82, 2.24) is 0 Å². The van der Waals surface area contributed by atoms with Crippen LogP contribution in [0.2, 0.25) is 0 Å². The van der Waals surface area contributed by atoms with Gasteiger partial charge in [-0.15, -0.1) is 0 Å². The van der Waals surface area contributed by atoms with Crippen LogP contribution in [0.4, 0.5) is 5.69 Å². The molecular formula is C24H26NOP. The Kier molecular flexibility index (Phi) is 5.77. The van der Waals surface area contributed by atoms with Gasteiger partial charge in [0.2, 0.25) is 0 Å². The smallest absolute Gasteiger partial charge is 0.122 e. The quantitative estimate of drug-likeness (QED) is 0.431. The number of para-hydroxylation sites is 2. The number of rotatable bonds is 5. The van der Waals surface area contributed by atoms with Crippen LogP contribution in [-0.4, -0.2) is 11.3 Å². The Morgan fingerprint density at radius 2 is 1.67 bits per heavy atom.